The van der Waals surface area contributed by atoms with Gasteiger partial charge in [0.1, 0.15) is 15.5 Å². The summed E-state index contributed by atoms with van der Waals surface area (Å²) in [7, 11) is 1.33. The van der Waals surface area contributed by atoms with Crippen molar-refractivity contribution in [3.63, 3.8) is 0 Å². The van der Waals surface area contributed by atoms with Gasteiger partial charge >= 0.3 is 11.9 Å². The number of ether oxygens (including phenoxy) is 1. The molecule has 0 unspecified atom stereocenters. The average Bonchev–Trinajstić information content (AvgIpc) is 3.24. The van der Waals surface area contributed by atoms with Gasteiger partial charge in [-0.1, -0.05) is 12.1 Å². The number of benzene rings is 1. The summed E-state index contributed by atoms with van der Waals surface area (Å²) in [6.45, 7) is 2.15. The van der Waals surface area contributed by atoms with Crippen LogP contribution in [0, 0.1) is 6.92 Å². The Hall–Kier alpha value is -3.26. The first kappa shape index (κ1) is 18.1. The van der Waals surface area contributed by atoms with Gasteiger partial charge < -0.3 is 9.84 Å². The highest BCUT2D eigenvalue weighted by molar-refractivity contribution is 7.20. The maximum absolute atomic E-state index is 12.9. The Morgan fingerprint density at radius 1 is 1.29 bits per heavy atom. The minimum Gasteiger partial charge on any atom is -0.477 e. The number of fused-ring (bicyclic) bond motifs is 2. The van der Waals surface area contributed by atoms with Crippen molar-refractivity contribution in [2.45, 2.75) is 19.9 Å². The van der Waals surface area contributed by atoms with Gasteiger partial charge in [-0.15, -0.1) is 11.3 Å². The molecule has 3 aromatic rings. The van der Waals surface area contributed by atoms with Crippen LogP contribution in [0.3, 0.4) is 0 Å². The van der Waals surface area contributed by atoms with Crippen LogP contribution in [0.5, 0.6) is 0 Å². The molecule has 0 spiro atoms. The summed E-state index contributed by atoms with van der Waals surface area (Å²) >= 11 is 1.03. The maximum atomic E-state index is 12.9. The molecule has 0 bridgehead atoms. The minimum absolute atomic E-state index is 0.146. The highest BCUT2D eigenvalue weighted by Gasteiger charge is 2.25. The fraction of sp³-hybridized carbons (Fsp3) is 0.200. The molecule has 4 rings (SSSR count). The van der Waals surface area contributed by atoms with Crippen molar-refractivity contribution in [1.29, 1.82) is 0 Å². The van der Waals surface area contributed by atoms with Gasteiger partial charge in [0.05, 0.1) is 18.1 Å². The van der Waals surface area contributed by atoms with E-state index in [-0.39, 0.29) is 10.4 Å². The Morgan fingerprint density at radius 3 is 2.64 bits per heavy atom. The molecule has 2 aromatic heterocycles. The standard InChI is InChI=1S/C20H16N2O5S/c1-10-14-17(28-15(10)19(24)25)21-16-13(7-8-22(16)18(14)23)9-11-3-5-12(6-4-11)20(26)27-2/h3-6,9H,7-8H2,1-2H3,(H,24,25)/b13-9+. The largest absolute Gasteiger partial charge is 0.477 e. The van der Waals surface area contributed by atoms with E-state index in [1.807, 2.05) is 6.08 Å². The van der Waals surface area contributed by atoms with Gasteiger partial charge in [-0.05, 0) is 48.3 Å². The molecule has 3 heterocycles. The summed E-state index contributed by atoms with van der Waals surface area (Å²) in [5, 5.41) is 9.71. The molecular formula is C20H16N2O5S. The third kappa shape index (κ3) is 2.82. The van der Waals surface area contributed by atoms with Crippen LogP contribution < -0.4 is 5.56 Å². The Morgan fingerprint density at radius 2 is 2.00 bits per heavy atom. The van der Waals surface area contributed by atoms with Crippen LogP contribution in [0.2, 0.25) is 0 Å². The summed E-state index contributed by atoms with van der Waals surface area (Å²) in [5.41, 5.74) is 2.50. The average molecular weight is 396 g/mol. The first-order valence-corrected chi connectivity index (χ1v) is 9.39. The van der Waals surface area contributed by atoms with Crippen molar-refractivity contribution in [1.82, 2.24) is 9.55 Å². The maximum Gasteiger partial charge on any atom is 0.346 e. The first-order valence-electron chi connectivity index (χ1n) is 8.57. The first-order chi connectivity index (χ1) is 13.4. The number of hydrogen-bond acceptors (Lipinski definition) is 6. The van der Waals surface area contributed by atoms with Crippen molar-refractivity contribution in [2.24, 2.45) is 0 Å². The molecule has 1 aromatic carbocycles. The molecule has 0 atom stereocenters. The molecule has 7 nitrogen and oxygen atoms in total. The van der Waals surface area contributed by atoms with Crippen molar-refractivity contribution < 1.29 is 19.4 Å². The topological polar surface area (TPSA) is 98.5 Å². The van der Waals surface area contributed by atoms with Gasteiger partial charge in [0.25, 0.3) is 5.56 Å². The molecule has 28 heavy (non-hydrogen) atoms. The van der Waals surface area contributed by atoms with E-state index in [0.717, 1.165) is 22.5 Å². The second-order valence-corrected chi connectivity index (χ2v) is 7.47. The highest BCUT2D eigenvalue weighted by atomic mass is 32.1. The number of rotatable bonds is 3. The summed E-state index contributed by atoms with van der Waals surface area (Å²) in [6, 6.07) is 6.96. The molecule has 1 aliphatic rings. The second-order valence-electron chi connectivity index (χ2n) is 6.47. The molecular weight excluding hydrogens is 380 g/mol. The van der Waals surface area contributed by atoms with Crippen LogP contribution in [-0.4, -0.2) is 33.7 Å². The number of carboxylic acid groups (broad SMARTS) is 1. The number of allylic oxidation sites excluding steroid dienone is 1. The molecule has 1 aliphatic heterocycles. The van der Waals surface area contributed by atoms with Gasteiger partial charge in [-0.25, -0.2) is 14.6 Å². The fourth-order valence-corrected chi connectivity index (χ4v) is 4.40. The predicted molar refractivity (Wildman–Crippen MR) is 106 cm³/mol. The zero-order valence-corrected chi connectivity index (χ0v) is 16.0. The third-order valence-electron chi connectivity index (χ3n) is 4.81. The van der Waals surface area contributed by atoms with Gasteiger partial charge in [0, 0.05) is 6.54 Å². The molecule has 0 amide bonds. The number of thiophene rings is 1. The molecule has 0 radical (unpaired) electrons. The van der Waals surface area contributed by atoms with E-state index in [2.05, 4.69) is 4.98 Å². The highest BCUT2D eigenvalue weighted by Crippen LogP contribution is 2.32. The SMILES string of the molecule is COC(=O)c1ccc(/C=C2\CCn3c2nc2sc(C(=O)O)c(C)c2c3=O)cc1. The quantitative estimate of drug-likeness (QED) is 0.683. The van der Waals surface area contributed by atoms with Crippen molar-refractivity contribution >= 4 is 45.1 Å². The third-order valence-corrected chi connectivity index (χ3v) is 5.98. The van der Waals surface area contributed by atoms with E-state index in [1.54, 1.807) is 35.8 Å². The summed E-state index contributed by atoms with van der Waals surface area (Å²) in [6.07, 6.45) is 2.58. The van der Waals surface area contributed by atoms with E-state index < -0.39 is 11.9 Å². The fourth-order valence-electron chi connectivity index (χ4n) is 3.39. The van der Waals surface area contributed by atoms with E-state index in [9.17, 15) is 19.5 Å². The molecule has 8 heteroatoms. The molecule has 142 valence electrons. The molecule has 0 fully saturated rings. The van der Waals surface area contributed by atoms with Crippen molar-refractivity contribution in [3.05, 3.63) is 62.0 Å². The van der Waals surface area contributed by atoms with Crippen LogP contribution in [-0.2, 0) is 11.3 Å². The number of hydrogen-bond donors (Lipinski definition) is 1. The number of nitrogens with zero attached hydrogens (tertiary/aromatic N) is 2. The summed E-state index contributed by atoms with van der Waals surface area (Å²) in [5.74, 6) is -0.886. The van der Waals surface area contributed by atoms with Gasteiger partial charge in [-0.3, -0.25) is 9.36 Å². The van der Waals surface area contributed by atoms with Gasteiger partial charge in [0.15, 0.2) is 0 Å². The number of carboxylic acids is 1. The zero-order chi connectivity index (χ0) is 20.0. The lowest BCUT2D eigenvalue weighted by Gasteiger charge is -2.04. The molecule has 0 aliphatic carbocycles. The normalized spacial score (nSPS) is 14.4. The lowest BCUT2D eigenvalue weighted by molar-refractivity contribution is 0.0600. The predicted octanol–water partition coefficient (Wildman–Crippen LogP) is 3.20. The minimum atomic E-state index is -1.05. The number of aryl methyl sites for hydroxylation is 1. The lowest BCUT2D eigenvalue weighted by Crippen LogP contribution is -2.20. The Balaban J connectivity index is 1.79. The molecule has 0 saturated carbocycles. The second kappa shape index (κ2) is 6.72. The molecule has 0 saturated heterocycles. The van der Waals surface area contributed by atoms with Gasteiger partial charge in [0.2, 0.25) is 0 Å². The van der Waals surface area contributed by atoms with Crippen molar-refractivity contribution in [2.75, 3.05) is 7.11 Å². The Kier molecular flexibility index (Phi) is 4.35. The van der Waals surface area contributed by atoms with Crippen molar-refractivity contribution in [3.8, 4) is 0 Å². The monoisotopic (exact) mass is 396 g/mol. The number of carbonyl (C=O) groups excluding carboxylic acids is 1. The van der Waals surface area contributed by atoms with Crippen LogP contribution in [0.15, 0.2) is 29.1 Å². The Labute approximate surface area is 163 Å². The van der Waals surface area contributed by atoms with Gasteiger partial charge in [-0.2, -0.15) is 0 Å². The number of aromatic carboxylic acids is 1. The summed E-state index contributed by atoms with van der Waals surface area (Å²) < 4.78 is 6.30. The Bertz CT molecular complexity index is 1220. The number of esters is 1. The lowest BCUT2D eigenvalue weighted by atomic mass is 10.1. The summed E-state index contributed by atoms with van der Waals surface area (Å²) in [4.78, 5) is 41.0. The van der Waals surface area contributed by atoms with E-state index >= 15 is 0 Å². The van der Waals surface area contributed by atoms with E-state index in [4.69, 9.17) is 4.74 Å². The number of aromatic nitrogens is 2. The number of methoxy groups -OCH3 is 1. The van der Waals surface area contributed by atoms with Crippen LogP contribution >= 0.6 is 11.3 Å². The van der Waals surface area contributed by atoms with Crippen LogP contribution in [0.4, 0.5) is 0 Å². The van der Waals surface area contributed by atoms with E-state index in [1.165, 1.54) is 7.11 Å². The number of carbonyl (C=O) groups is 2. The smallest absolute Gasteiger partial charge is 0.346 e. The molecule has 1 N–H and O–H groups in total. The zero-order valence-electron chi connectivity index (χ0n) is 15.2. The van der Waals surface area contributed by atoms with Crippen LogP contribution in [0.1, 0.15) is 43.4 Å². The van der Waals surface area contributed by atoms with Crippen LogP contribution in [0.25, 0.3) is 21.9 Å². The van der Waals surface area contributed by atoms with E-state index in [0.29, 0.717) is 40.1 Å².